The van der Waals surface area contributed by atoms with Gasteiger partial charge in [0, 0.05) is 18.5 Å². The summed E-state index contributed by atoms with van der Waals surface area (Å²) in [5.74, 6) is -1.00. The highest BCUT2D eigenvalue weighted by Crippen LogP contribution is 2.43. The lowest BCUT2D eigenvalue weighted by molar-refractivity contribution is -0.132. The molecule has 9 nitrogen and oxygen atoms in total. The van der Waals surface area contributed by atoms with Gasteiger partial charge in [-0.1, -0.05) is 12.1 Å². The van der Waals surface area contributed by atoms with Crippen molar-refractivity contribution in [1.82, 2.24) is 15.0 Å². The van der Waals surface area contributed by atoms with Crippen molar-refractivity contribution in [2.24, 2.45) is 0 Å². The molecule has 1 aliphatic rings. The number of ketones is 1. The van der Waals surface area contributed by atoms with Gasteiger partial charge in [-0.05, 0) is 42.0 Å². The molecule has 2 N–H and O–H groups in total. The Morgan fingerprint density at radius 3 is 2.50 bits per heavy atom. The third kappa shape index (κ3) is 3.34. The van der Waals surface area contributed by atoms with Crippen LogP contribution in [0.4, 0.5) is 5.95 Å². The maximum absolute atomic E-state index is 13.3. The molecule has 3 heterocycles. The number of aromatic amines is 1. The largest absolute Gasteiger partial charge is 0.507 e. The average Bonchev–Trinajstić information content (AvgIpc) is 3.42. The Kier molecular flexibility index (Phi) is 5.21. The van der Waals surface area contributed by atoms with E-state index in [1.54, 1.807) is 48.8 Å². The van der Waals surface area contributed by atoms with Gasteiger partial charge in [-0.15, -0.1) is 0 Å². The number of pyridine rings is 1. The highest BCUT2D eigenvalue weighted by molar-refractivity contribution is 6.51. The van der Waals surface area contributed by atoms with E-state index in [9.17, 15) is 14.7 Å². The molecule has 5 rings (SSSR count). The number of anilines is 1. The standard InChI is InChI=1S/C25H20N4O5/c1-33-15-7-8-16(19(13-15)34-2)22(30)20-21(14-9-11-26-12-10-14)29(24(32)23(20)31)25-27-17-5-3-4-6-18(17)28-25/h3-13,21,30H,1-2H3,(H,27,28)/b22-20+. The summed E-state index contributed by atoms with van der Waals surface area (Å²) in [5, 5.41) is 11.3. The number of rotatable bonds is 5. The van der Waals surface area contributed by atoms with E-state index >= 15 is 0 Å². The van der Waals surface area contributed by atoms with Crippen LogP contribution in [0.3, 0.4) is 0 Å². The number of fused-ring (bicyclic) bond motifs is 1. The second-order valence-electron chi connectivity index (χ2n) is 7.59. The number of H-pyrrole nitrogens is 1. The van der Waals surface area contributed by atoms with Crippen molar-refractivity contribution >= 4 is 34.4 Å². The minimum absolute atomic E-state index is 0.0832. The number of aromatic nitrogens is 3. The van der Waals surface area contributed by atoms with Crippen molar-refractivity contribution in [3.63, 3.8) is 0 Å². The van der Waals surface area contributed by atoms with Crippen molar-refractivity contribution in [1.29, 1.82) is 0 Å². The monoisotopic (exact) mass is 456 g/mol. The van der Waals surface area contributed by atoms with E-state index in [0.717, 1.165) is 0 Å². The number of Topliss-reactive ketones (excluding diaryl/α,β-unsaturated/α-hetero) is 1. The van der Waals surface area contributed by atoms with Crippen LogP contribution in [0, 0.1) is 0 Å². The van der Waals surface area contributed by atoms with Gasteiger partial charge in [-0.3, -0.25) is 19.5 Å². The molecule has 9 heteroatoms. The van der Waals surface area contributed by atoms with Gasteiger partial charge < -0.3 is 19.6 Å². The van der Waals surface area contributed by atoms with Gasteiger partial charge in [0.25, 0.3) is 5.78 Å². The first-order valence-corrected chi connectivity index (χ1v) is 10.4. The van der Waals surface area contributed by atoms with Crippen molar-refractivity contribution in [3.8, 4) is 11.5 Å². The second-order valence-corrected chi connectivity index (χ2v) is 7.59. The number of nitrogens with one attached hydrogen (secondary N) is 1. The predicted molar refractivity (Wildman–Crippen MR) is 125 cm³/mol. The zero-order chi connectivity index (χ0) is 23.8. The molecule has 170 valence electrons. The summed E-state index contributed by atoms with van der Waals surface area (Å²) in [6, 6.07) is 14.5. The lowest BCUT2D eigenvalue weighted by atomic mass is 9.95. The zero-order valence-electron chi connectivity index (χ0n) is 18.4. The number of para-hydroxylation sites is 2. The van der Waals surface area contributed by atoms with Crippen LogP contribution >= 0.6 is 0 Å². The van der Waals surface area contributed by atoms with Crippen LogP contribution in [0.2, 0.25) is 0 Å². The zero-order valence-corrected chi connectivity index (χ0v) is 18.4. The molecule has 1 saturated heterocycles. The number of amides is 1. The molecule has 2 aromatic heterocycles. The Morgan fingerprint density at radius 1 is 1.03 bits per heavy atom. The highest BCUT2D eigenvalue weighted by atomic mass is 16.5. The minimum atomic E-state index is -0.935. The van der Waals surface area contributed by atoms with Gasteiger partial charge in [0.2, 0.25) is 5.95 Å². The quantitative estimate of drug-likeness (QED) is 0.268. The van der Waals surface area contributed by atoms with E-state index in [1.165, 1.54) is 19.1 Å². The molecule has 2 aromatic carbocycles. The molecule has 0 spiro atoms. The average molecular weight is 456 g/mol. The molecular formula is C25H20N4O5. The van der Waals surface area contributed by atoms with Gasteiger partial charge in [0.05, 0.1) is 42.4 Å². The Morgan fingerprint density at radius 2 is 1.79 bits per heavy atom. The number of benzene rings is 2. The Bertz CT molecular complexity index is 1410. The lowest BCUT2D eigenvalue weighted by Gasteiger charge is -2.23. The second kappa shape index (κ2) is 8.36. The molecule has 1 amide bonds. The summed E-state index contributed by atoms with van der Waals surface area (Å²) in [6.07, 6.45) is 3.12. The van der Waals surface area contributed by atoms with E-state index in [4.69, 9.17) is 9.47 Å². The molecule has 1 fully saturated rings. The molecule has 1 aliphatic heterocycles. The number of nitrogens with zero attached hydrogens (tertiary/aromatic N) is 3. The van der Waals surface area contributed by atoms with Crippen LogP contribution < -0.4 is 14.4 Å². The van der Waals surface area contributed by atoms with Crippen LogP contribution in [0.5, 0.6) is 11.5 Å². The summed E-state index contributed by atoms with van der Waals surface area (Å²) in [6.45, 7) is 0. The molecule has 4 aromatic rings. The number of aliphatic hydroxyl groups excluding tert-OH is 1. The van der Waals surface area contributed by atoms with E-state index < -0.39 is 17.7 Å². The van der Waals surface area contributed by atoms with Crippen molar-refractivity contribution in [2.75, 3.05) is 19.1 Å². The van der Waals surface area contributed by atoms with Gasteiger partial charge in [-0.2, -0.15) is 0 Å². The third-order valence-corrected chi connectivity index (χ3v) is 5.74. The molecular weight excluding hydrogens is 436 g/mol. The summed E-state index contributed by atoms with van der Waals surface area (Å²) >= 11 is 0. The SMILES string of the molecule is COc1ccc(/C(O)=C2\C(=O)C(=O)N(c3nc4ccccc4[nH]3)C2c2ccncc2)c(OC)c1. The highest BCUT2D eigenvalue weighted by Gasteiger charge is 2.48. The maximum Gasteiger partial charge on any atom is 0.302 e. The summed E-state index contributed by atoms with van der Waals surface area (Å²) in [4.78, 5) is 39.5. The molecule has 34 heavy (non-hydrogen) atoms. The van der Waals surface area contributed by atoms with Crippen molar-refractivity contribution < 1.29 is 24.2 Å². The number of hydrogen-bond donors (Lipinski definition) is 2. The first-order chi connectivity index (χ1) is 16.5. The van der Waals surface area contributed by atoms with E-state index in [1.807, 2.05) is 18.2 Å². The third-order valence-electron chi connectivity index (χ3n) is 5.74. The first-order valence-electron chi connectivity index (χ1n) is 10.4. The van der Waals surface area contributed by atoms with Crippen LogP contribution in [-0.2, 0) is 9.59 Å². The number of hydrogen-bond acceptors (Lipinski definition) is 7. The van der Waals surface area contributed by atoms with Crippen molar-refractivity contribution in [3.05, 3.63) is 83.7 Å². The lowest BCUT2D eigenvalue weighted by Crippen LogP contribution is -2.30. The normalized spacial score (nSPS) is 17.4. The van der Waals surface area contributed by atoms with Crippen molar-refractivity contribution in [2.45, 2.75) is 6.04 Å². The molecule has 0 radical (unpaired) electrons. The fourth-order valence-electron chi connectivity index (χ4n) is 4.10. The Balaban J connectivity index is 1.73. The van der Waals surface area contributed by atoms with Gasteiger partial charge >= 0.3 is 5.91 Å². The molecule has 1 unspecified atom stereocenters. The van der Waals surface area contributed by atoms with Crippen LogP contribution in [-0.4, -0.2) is 46.0 Å². The first kappa shape index (κ1) is 21.2. The topological polar surface area (TPSA) is 118 Å². The summed E-state index contributed by atoms with van der Waals surface area (Å²) in [5.41, 5.74) is 2.11. The number of aliphatic hydroxyl groups is 1. The molecule has 0 bridgehead atoms. The fraction of sp³-hybridized carbons (Fsp3) is 0.120. The van der Waals surface area contributed by atoms with Crippen LogP contribution in [0.1, 0.15) is 17.2 Å². The summed E-state index contributed by atoms with van der Waals surface area (Å²) in [7, 11) is 2.95. The Hall–Kier alpha value is -4.66. The Labute approximate surface area is 194 Å². The molecule has 0 saturated carbocycles. The van der Waals surface area contributed by atoms with Gasteiger partial charge in [0.1, 0.15) is 17.3 Å². The minimum Gasteiger partial charge on any atom is -0.507 e. The smallest absolute Gasteiger partial charge is 0.302 e. The maximum atomic E-state index is 13.3. The number of imidazole rings is 1. The number of carbonyl (C=O) groups excluding carboxylic acids is 2. The van der Waals surface area contributed by atoms with E-state index in [0.29, 0.717) is 28.1 Å². The number of methoxy groups -OCH3 is 2. The fourth-order valence-corrected chi connectivity index (χ4v) is 4.10. The van der Waals surface area contributed by atoms with Crippen LogP contribution in [0.15, 0.2) is 72.6 Å². The predicted octanol–water partition coefficient (Wildman–Crippen LogP) is 3.60. The van der Waals surface area contributed by atoms with Gasteiger partial charge in [-0.25, -0.2) is 4.98 Å². The number of ether oxygens (including phenoxy) is 2. The number of carbonyl (C=O) groups is 2. The van der Waals surface area contributed by atoms with E-state index in [-0.39, 0.29) is 22.8 Å². The van der Waals surface area contributed by atoms with E-state index in [2.05, 4.69) is 15.0 Å². The molecule has 1 atom stereocenters. The molecule has 0 aliphatic carbocycles. The summed E-state index contributed by atoms with van der Waals surface area (Å²) < 4.78 is 10.6. The van der Waals surface area contributed by atoms with Crippen LogP contribution in [0.25, 0.3) is 16.8 Å². The van der Waals surface area contributed by atoms with Gasteiger partial charge in [0.15, 0.2) is 0 Å².